The van der Waals surface area contributed by atoms with Crippen LogP contribution >= 0.6 is 11.3 Å². The number of rotatable bonds is 2. The van der Waals surface area contributed by atoms with E-state index in [0.717, 1.165) is 11.2 Å². The van der Waals surface area contributed by atoms with Crippen molar-refractivity contribution in [2.45, 2.75) is 0 Å². The number of hydrogen-bond acceptors (Lipinski definition) is 2. The molecule has 0 aliphatic heterocycles. The van der Waals surface area contributed by atoms with E-state index in [9.17, 15) is 0 Å². The van der Waals surface area contributed by atoms with E-state index in [1.54, 1.807) is 11.3 Å². The van der Waals surface area contributed by atoms with Crippen LogP contribution in [0.2, 0.25) is 0 Å². The van der Waals surface area contributed by atoms with Gasteiger partial charge in [-0.1, -0.05) is 54.6 Å². The van der Waals surface area contributed by atoms with Crippen LogP contribution in [0.3, 0.4) is 0 Å². The number of aromatic nitrogens is 1. The molecule has 100 valence electrons. The highest BCUT2D eigenvalue weighted by Crippen LogP contribution is 2.34. The van der Waals surface area contributed by atoms with Crippen LogP contribution in [0.25, 0.3) is 31.9 Å². The fraction of sp³-hybridized carbons (Fsp3) is 0. The minimum atomic E-state index is 1.04. The Morgan fingerprint density at radius 3 is 2.29 bits per heavy atom. The molecule has 0 unspecified atom stereocenters. The highest BCUT2D eigenvalue weighted by atomic mass is 32.1. The van der Waals surface area contributed by atoms with Gasteiger partial charge in [-0.3, -0.25) is 0 Å². The number of nitrogens with zero attached hydrogens (tertiary/aromatic N) is 1. The molecule has 0 aliphatic rings. The molecule has 4 rings (SSSR count). The molecule has 0 amide bonds. The summed E-state index contributed by atoms with van der Waals surface area (Å²) in [7, 11) is 0. The van der Waals surface area contributed by atoms with Crippen LogP contribution in [0.5, 0.6) is 0 Å². The second-order valence-corrected chi connectivity index (χ2v) is 6.00. The summed E-state index contributed by atoms with van der Waals surface area (Å²) in [5, 5.41) is 1.18. The maximum atomic E-state index is 4.76. The van der Waals surface area contributed by atoms with E-state index in [1.807, 2.05) is 18.2 Å². The van der Waals surface area contributed by atoms with Crippen molar-refractivity contribution in [1.82, 2.24) is 4.98 Å². The van der Waals surface area contributed by atoms with Crippen LogP contribution in [-0.4, -0.2) is 4.98 Å². The molecule has 0 fully saturated rings. The first kappa shape index (κ1) is 12.3. The summed E-state index contributed by atoms with van der Waals surface area (Å²) >= 11 is 1.79. The quantitative estimate of drug-likeness (QED) is 0.465. The summed E-state index contributed by atoms with van der Waals surface area (Å²) in [4.78, 5) is 7.25. The van der Waals surface area contributed by atoms with Crippen molar-refractivity contribution in [3.63, 3.8) is 0 Å². The topological polar surface area (TPSA) is 12.9 Å². The predicted octanol–water partition coefficient (Wildman–Crippen LogP) is 5.63. The van der Waals surface area contributed by atoms with E-state index >= 15 is 0 Å². The highest BCUT2D eigenvalue weighted by Gasteiger charge is 2.06. The molecule has 0 saturated heterocycles. The van der Waals surface area contributed by atoms with Gasteiger partial charge in [-0.05, 0) is 29.8 Å². The zero-order chi connectivity index (χ0) is 14.1. The summed E-state index contributed by atoms with van der Waals surface area (Å²) in [6.45, 7) is 0. The third kappa shape index (κ3) is 2.34. The lowest BCUT2D eigenvalue weighted by atomic mass is 10.2. The minimum absolute atomic E-state index is 1.04. The number of fused-ring (bicyclic) bond motifs is 1. The predicted molar refractivity (Wildman–Crippen MR) is 90.5 cm³/mol. The van der Waals surface area contributed by atoms with Gasteiger partial charge in [0.25, 0.3) is 0 Å². The molecule has 2 heterocycles. The molecule has 0 N–H and O–H groups in total. The van der Waals surface area contributed by atoms with Gasteiger partial charge >= 0.3 is 0 Å². The van der Waals surface area contributed by atoms with Gasteiger partial charge in [0.2, 0.25) is 0 Å². The van der Waals surface area contributed by atoms with Gasteiger partial charge < -0.3 is 0 Å². The molecular formula is C19H13NS. The van der Waals surface area contributed by atoms with E-state index in [1.165, 1.54) is 20.7 Å². The molecule has 2 aromatic carbocycles. The molecule has 2 aromatic heterocycles. The van der Waals surface area contributed by atoms with Crippen molar-refractivity contribution < 1.29 is 0 Å². The molecule has 0 bridgehead atoms. The monoisotopic (exact) mass is 287 g/mol. The molecule has 21 heavy (non-hydrogen) atoms. The van der Waals surface area contributed by atoms with Crippen LogP contribution < -0.4 is 0 Å². The summed E-state index contributed by atoms with van der Waals surface area (Å²) in [6, 6.07) is 27.3. The minimum Gasteiger partial charge on any atom is -0.247 e. The second kappa shape index (κ2) is 5.15. The Labute approximate surface area is 127 Å². The Bertz CT molecular complexity index is 894. The van der Waals surface area contributed by atoms with Gasteiger partial charge in [0.1, 0.15) is 0 Å². The van der Waals surface area contributed by atoms with E-state index in [0.29, 0.717) is 0 Å². The van der Waals surface area contributed by atoms with Gasteiger partial charge in [0.15, 0.2) is 0 Å². The van der Waals surface area contributed by atoms with Gasteiger partial charge in [-0.25, -0.2) is 4.98 Å². The Morgan fingerprint density at radius 2 is 1.38 bits per heavy atom. The smallest absolute Gasteiger partial charge is 0.0809 e. The Kier molecular flexibility index (Phi) is 3.02. The fourth-order valence-corrected chi connectivity index (χ4v) is 3.42. The van der Waals surface area contributed by atoms with Crippen molar-refractivity contribution in [3.05, 3.63) is 78.9 Å². The van der Waals surface area contributed by atoms with Crippen LogP contribution in [-0.2, 0) is 0 Å². The van der Waals surface area contributed by atoms with Crippen molar-refractivity contribution >= 4 is 22.2 Å². The highest BCUT2D eigenvalue weighted by molar-refractivity contribution is 7.18. The molecule has 0 spiro atoms. The van der Waals surface area contributed by atoms with E-state index in [4.69, 9.17) is 4.98 Å². The molecule has 0 radical (unpaired) electrons. The molecule has 0 saturated carbocycles. The first-order valence-corrected chi connectivity index (χ1v) is 7.73. The van der Waals surface area contributed by atoms with E-state index < -0.39 is 0 Å². The molecular weight excluding hydrogens is 274 g/mol. The largest absolute Gasteiger partial charge is 0.247 e. The molecule has 2 heteroatoms. The average Bonchev–Trinajstić information content (AvgIpc) is 3.05. The van der Waals surface area contributed by atoms with E-state index in [-0.39, 0.29) is 0 Å². The van der Waals surface area contributed by atoms with Crippen LogP contribution in [0.4, 0.5) is 0 Å². The standard InChI is InChI=1S/C19H13NS/c1-2-7-15(8-3-1)18-12-13-19(21-18)17-11-10-14-6-4-5-9-16(14)20-17/h1-13H. The molecule has 1 nitrogen and oxygen atoms in total. The zero-order valence-electron chi connectivity index (χ0n) is 11.4. The number of thiophene rings is 1. The number of hydrogen-bond donors (Lipinski definition) is 0. The molecule has 0 atom stereocenters. The number of para-hydroxylation sites is 1. The third-order valence-corrected chi connectivity index (χ3v) is 4.67. The summed E-state index contributed by atoms with van der Waals surface area (Å²) in [5.74, 6) is 0. The lowest BCUT2D eigenvalue weighted by Gasteiger charge is -2.00. The van der Waals surface area contributed by atoms with Crippen molar-refractivity contribution in [1.29, 1.82) is 0 Å². The summed E-state index contributed by atoms with van der Waals surface area (Å²) < 4.78 is 0. The first-order chi connectivity index (χ1) is 10.4. The molecule has 4 aromatic rings. The Balaban J connectivity index is 1.77. The van der Waals surface area contributed by atoms with E-state index in [2.05, 4.69) is 60.7 Å². The fourth-order valence-electron chi connectivity index (χ4n) is 2.44. The number of pyridine rings is 1. The van der Waals surface area contributed by atoms with Crippen molar-refractivity contribution in [2.75, 3.05) is 0 Å². The number of benzene rings is 2. The lowest BCUT2D eigenvalue weighted by Crippen LogP contribution is -1.81. The van der Waals surface area contributed by atoms with Crippen LogP contribution in [0.1, 0.15) is 0 Å². The van der Waals surface area contributed by atoms with Gasteiger partial charge in [0, 0.05) is 10.3 Å². The molecule has 0 aliphatic carbocycles. The second-order valence-electron chi connectivity index (χ2n) is 4.92. The normalized spacial score (nSPS) is 10.9. The summed E-state index contributed by atoms with van der Waals surface area (Å²) in [5.41, 5.74) is 3.35. The van der Waals surface area contributed by atoms with Gasteiger partial charge in [-0.2, -0.15) is 0 Å². The zero-order valence-corrected chi connectivity index (χ0v) is 12.2. The van der Waals surface area contributed by atoms with Crippen molar-refractivity contribution in [3.8, 4) is 21.0 Å². The van der Waals surface area contributed by atoms with Gasteiger partial charge in [0.05, 0.1) is 16.1 Å². The average molecular weight is 287 g/mol. The first-order valence-electron chi connectivity index (χ1n) is 6.91. The lowest BCUT2D eigenvalue weighted by molar-refractivity contribution is 1.42. The third-order valence-electron chi connectivity index (χ3n) is 3.52. The van der Waals surface area contributed by atoms with Gasteiger partial charge in [-0.15, -0.1) is 11.3 Å². The van der Waals surface area contributed by atoms with Crippen LogP contribution in [0.15, 0.2) is 78.9 Å². The Hall–Kier alpha value is -2.45. The SMILES string of the molecule is c1ccc(-c2ccc(-c3ccc4ccccc4n3)s2)cc1. The maximum absolute atomic E-state index is 4.76. The van der Waals surface area contributed by atoms with Crippen molar-refractivity contribution in [2.24, 2.45) is 0 Å². The van der Waals surface area contributed by atoms with Crippen LogP contribution in [0, 0.1) is 0 Å². The summed E-state index contributed by atoms with van der Waals surface area (Å²) in [6.07, 6.45) is 0. The Morgan fingerprint density at radius 1 is 0.619 bits per heavy atom. The maximum Gasteiger partial charge on any atom is 0.0809 e.